The summed E-state index contributed by atoms with van der Waals surface area (Å²) >= 11 is 1.64. The summed E-state index contributed by atoms with van der Waals surface area (Å²) in [5, 5.41) is 6.50. The summed E-state index contributed by atoms with van der Waals surface area (Å²) in [6, 6.07) is 4.76. The maximum Gasteiger partial charge on any atom is 0.251 e. The molecule has 1 atom stereocenters. The average molecular weight is 446 g/mol. The van der Waals surface area contributed by atoms with Gasteiger partial charge >= 0.3 is 0 Å². The van der Waals surface area contributed by atoms with Crippen LogP contribution in [0.2, 0.25) is 0 Å². The molecule has 0 unspecified atom stereocenters. The molecule has 3 N–H and O–H groups in total. The molecule has 166 valence electrons. The van der Waals surface area contributed by atoms with Gasteiger partial charge in [0.1, 0.15) is 11.9 Å². The second-order valence-corrected chi connectivity index (χ2v) is 9.11. The highest BCUT2D eigenvalue weighted by molar-refractivity contribution is 7.98. The van der Waals surface area contributed by atoms with Gasteiger partial charge in [-0.05, 0) is 55.5 Å². The topological polar surface area (TPSA) is 90.1 Å². The third-order valence-corrected chi connectivity index (χ3v) is 6.90. The Kier molecular flexibility index (Phi) is 6.62. The number of imidazole rings is 1. The zero-order valence-corrected chi connectivity index (χ0v) is 18.4. The van der Waals surface area contributed by atoms with Gasteiger partial charge in [-0.25, -0.2) is 9.37 Å². The van der Waals surface area contributed by atoms with Gasteiger partial charge in [0.15, 0.2) is 0 Å². The summed E-state index contributed by atoms with van der Waals surface area (Å²) in [6.45, 7) is 2.12. The fourth-order valence-corrected chi connectivity index (χ4v) is 4.98. The van der Waals surface area contributed by atoms with E-state index < -0.39 is 11.9 Å². The van der Waals surface area contributed by atoms with Crippen molar-refractivity contribution in [3.8, 4) is 0 Å². The van der Waals surface area contributed by atoms with Crippen molar-refractivity contribution < 1.29 is 14.0 Å². The number of halogens is 1. The predicted octanol–water partition coefficient (Wildman–Crippen LogP) is 2.06. The number of carbonyl (C=O) groups excluding carboxylic acids is 2. The predicted molar refractivity (Wildman–Crippen MR) is 118 cm³/mol. The highest BCUT2D eigenvalue weighted by Gasteiger charge is 2.42. The quantitative estimate of drug-likeness (QED) is 0.633. The van der Waals surface area contributed by atoms with E-state index in [0.29, 0.717) is 25.1 Å². The van der Waals surface area contributed by atoms with Gasteiger partial charge in [0, 0.05) is 37.3 Å². The molecule has 0 aliphatic carbocycles. The number of aromatic nitrogens is 2. The van der Waals surface area contributed by atoms with E-state index in [-0.39, 0.29) is 17.4 Å². The molecule has 4 rings (SSSR count). The first-order chi connectivity index (χ1) is 15.0. The van der Waals surface area contributed by atoms with E-state index >= 15 is 0 Å². The number of hydrogen-bond donors (Lipinski definition) is 3. The number of nitrogens with zero attached hydrogens (tertiary/aromatic N) is 2. The van der Waals surface area contributed by atoms with Crippen LogP contribution in [0.25, 0.3) is 0 Å². The SMILES string of the molecule is CSCC[C@@H](NC(=O)c1ccc(F)cc1)C(=O)N1CCC2(CC1)NCCc1[nH]cnc12. The molecule has 31 heavy (non-hydrogen) atoms. The van der Waals surface area contributed by atoms with Gasteiger partial charge < -0.3 is 20.5 Å². The van der Waals surface area contributed by atoms with Crippen LogP contribution in [0.3, 0.4) is 0 Å². The molecule has 0 bridgehead atoms. The standard InChI is InChI=1S/C22H28FN5O2S/c1-31-13-7-18(27-20(29)15-2-4-16(23)5-3-15)21(30)28-11-8-22(9-12-28)19-17(6-10-26-22)24-14-25-19/h2-5,14,18,26H,6-13H2,1H3,(H,24,25)(H,27,29)/t18-/m1/s1. The number of piperidine rings is 1. The minimum absolute atomic E-state index is 0.0579. The molecule has 2 aliphatic heterocycles. The summed E-state index contributed by atoms with van der Waals surface area (Å²) in [5.74, 6) is -0.0542. The lowest BCUT2D eigenvalue weighted by Crippen LogP contribution is -2.57. The number of H-pyrrole nitrogens is 1. The Labute approximate surface area is 185 Å². The molecule has 1 saturated heterocycles. The third kappa shape index (κ3) is 4.62. The molecule has 0 saturated carbocycles. The van der Waals surface area contributed by atoms with Crippen molar-refractivity contribution in [2.75, 3.05) is 31.6 Å². The molecule has 7 nitrogen and oxygen atoms in total. The number of benzene rings is 1. The fourth-order valence-electron chi connectivity index (χ4n) is 4.51. The zero-order chi connectivity index (χ0) is 21.8. The van der Waals surface area contributed by atoms with Crippen LogP contribution in [0.15, 0.2) is 30.6 Å². The largest absolute Gasteiger partial charge is 0.348 e. The van der Waals surface area contributed by atoms with E-state index in [9.17, 15) is 14.0 Å². The normalized spacial score (nSPS) is 18.5. The molecule has 2 aromatic rings. The van der Waals surface area contributed by atoms with Crippen molar-refractivity contribution in [3.63, 3.8) is 0 Å². The Bertz CT molecular complexity index is 924. The van der Waals surface area contributed by atoms with Gasteiger partial charge in [-0.15, -0.1) is 0 Å². The lowest BCUT2D eigenvalue weighted by atomic mass is 9.80. The number of thioether (sulfide) groups is 1. The number of amides is 2. The molecule has 3 heterocycles. The number of nitrogens with one attached hydrogen (secondary N) is 3. The minimum atomic E-state index is -0.598. The number of rotatable bonds is 6. The van der Waals surface area contributed by atoms with Crippen LogP contribution >= 0.6 is 11.8 Å². The Morgan fingerprint density at radius 3 is 2.74 bits per heavy atom. The van der Waals surface area contributed by atoms with Crippen LogP contribution in [0.5, 0.6) is 0 Å². The molecule has 9 heteroatoms. The Balaban J connectivity index is 1.42. The monoisotopic (exact) mass is 445 g/mol. The van der Waals surface area contributed by atoms with Crippen molar-refractivity contribution in [2.45, 2.75) is 37.3 Å². The molecule has 2 aliphatic rings. The van der Waals surface area contributed by atoms with Crippen LogP contribution < -0.4 is 10.6 Å². The molecule has 0 radical (unpaired) electrons. The van der Waals surface area contributed by atoms with Gasteiger partial charge in [0.05, 0.1) is 17.6 Å². The summed E-state index contributed by atoms with van der Waals surface area (Å²) in [5.41, 5.74) is 2.42. The summed E-state index contributed by atoms with van der Waals surface area (Å²) in [4.78, 5) is 35.6. The lowest BCUT2D eigenvalue weighted by molar-refractivity contribution is -0.135. The Hall–Kier alpha value is -2.39. The molecule has 1 aromatic carbocycles. The van der Waals surface area contributed by atoms with Gasteiger partial charge in [0.2, 0.25) is 5.91 Å². The van der Waals surface area contributed by atoms with Crippen LogP contribution in [-0.4, -0.2) is 64.4 Å². The van der Waals surface area contributed by atoms with Crippen molar-refractivity contribution in [3.05, 3.63) is 53.4 Å². The number of fused-ring (bicyclic) bond motifs is 2. The lowest BCUT2D eigenvalue weighted by Gasteiger charge is -2.44. The minimum Gasteiger partial charge on any atom is -0.348 e. The third-order valence-electron chi connectivity index (χ3n) is 6.26. The molecule has 2 amide bonds. The summed E-state index contributed by atoms with van der Waals surface area (Å²) in [6.07, 6.45) is 6.79. The molecular weight excluding hydrogens is 417 g/mol. The second-order valence-electron chi connectivity index (χ2n) is 8.13. The van der Waals surface area contributed by atoms with E-state index in [2.05, 4.69) is 20.6 Å². The van der Waals surface area contributed by atoms with Crippen molar-refractivity contribution in [2.24, 2.45) is 0 Å². The smallest absolute Gasteiger partial charge is 0.251 e. The average Bonchev–Trinajstić information content (AvgIpc) is 3.28. The first-order valence-electron chi connectivity index (χ1n) is 10.6. The van der Waals surface area contributed by atoms with Gasteiger partial charge in [-0.2, -0.15) is 11.8 Å². The van der Waals surface area contributed by atoms with E-state index in [0.717, 1.165) is 37.3 Å². The van der Waals surface area contributed by atoms with E-state index in [1.807, 2.05) is 11.2 Å². The van der Waals surface area contributed by atoms with Gasteiger partial charge in [0.25, 0.3) is 5.91 Å². The summed E-state index contributed by atoms with van der Waals surface area (Å²) < 4.78 is 13.2. The summed E-state index contributed by atoms with van der Waals surface area (Å²) in [7, 11) is 0. The highest BCUT2D eigenvalue weighted by Crippen LogP contribution is 2.36. The maximum atomic E-state index is 13.3. The van der Waals surface area contributed by atoms with Crippen LogP contribution in [0.1, 0.15) is 41.0 Å². The number of aromatic amines is 1. The first kappa shape index (κ1) is 21.8. The fraction of sp³-hybridized carbons (Fsp3) is 0.500. The first-order valence-corrected chi connectivity index (χ1v) is 12.0. The van der Waals surface area contributed by atoms with E-state index in [1.54, 1.807) is 18.1 Å². The van der Waals surface area contributed by atoms with Gasteiger partial charge in [-0.3, -0.25) is 9.59 Å². The molecule has 1 aromatic heterocycles. The highest BCUT2D eigenvalue weighted by atomic mass is 32.2. The zero-order valence-electron chi connectivity index (χ0n) is 17.6. The maximum absolute atomic E-state index is 13.3. The molecule has 1 fully saturated rings. The van der Waals surface area contributed by atoms with Crippen LogP contribution in [-0.2, 0) is 16.8 Å². The van der Waals surface area contributed by atoms with E-state index in [1.165, 1.54) is 30.0 Å². The van der Waals surface area contributed by atoms with Crippen LogP contribution in [0, 0.1) is 5.82 Å². The number of hydrogen-bond acceptors (Lipinski definition) is 5. The number of likely N-dealkylation sites (tertiary alicyclic amines) is 1. The number of carbonyl (C=O) groups is 2. The second kappa shape index (κ2) is 9.40. The van der Waals surface area contributed by atoms with Crippen LogP contribution in [0.4, 0.5) is 4.39 Å². The Morgan fingerprint density at radius 2 is 2.03 bits per heavy atom. The van der Waals surface area contributed by atoms with Gasteiger partial charge in [-0.1, -0.05) is 0 Å². The Morgan fingerprint density at radius 1 is 1.29 bits per heavy atom. The van der Waals surface area contributed by atoms with Crippen molar-refractivity contribution in [1.82, 2.24) is 25.5 Å². The van der Waals surface area contributed by atoms with Crippen molar-refractivity contribution in [1.29, 1.82) is 0 Å². The van der Waals surface area contributed by atoms with E-state index in [4.69, 9.17) is 0 Å². The van der Waals surface area contributed by atoms with Crippen molar-refractivity contribution >= 4 is 23.6 Å². The molecule has 1 spiro atoms. The molecular formula is C22H28FN5O2S.